The van der Waals surface area contributed by atoms with Gasteiger partial charge in [-0.25, -0.2) is 9.37 Å². The number of halogens is 1. The third kappa shape index (κ3) is 3.02. The number of amides is 1. The molecule has 24 heavy (non-hydrogen) atoms. The van der Waals surface area contributed by atoms with E-state index in [1.165, 1.54) is 10.9 Å². The molecule has 2 atom stereocenters. The number of carbonyl (C=O) groups excluding carboxylic acids is 1. The zero-order valence-corrected chi connectivity index (χ0v) is 14.4. The maximum absolute atomic E-state index is 13.3. The van der Waals surface area contributed by atoms with Crippen LogP contribution in [0.15, 0.2) is 30.5 Å². The van der Waals surface area contributed by atoms with Crippen molar-refractivity contribution in [2.24, 2.45) is 5.92 Å². The molecule has 1 aliphatic carbocycles. The molecule has 2 fully saturated rings. The van der Waals surface area contributed by atoms with Crippen molar-refractivity contribution in [1.82, 2.24) is 9.88 Å². The predicted molar refractivity (Wildman–Crippen MR) is 92.9 cm³/mol. The topological polar surface area (TPSA) is 36.4 Å². The van der Waals surface area contributed by atoms with E-state index in [0.29, 0.717) is 0 Å². The largest absolute Gasteiger partial charge is 0.345 e. The SMILES string of the molecule is Cc1cnc(N2CCN(C(=O)[C@@H]3C[C@@H]3c3cccc(F)c3)CC2)s1. The van der Waals surface area contributed by atoms with Gasteiger partial charge in [0.15, 0.2) is 5.13 Å². The number of thiazole rings is 1. The average Bonchev–Trinajstić information content (AvgIpc) is 3.28. The lowest BCUT2D eigenvalue weighted by atomic mass is 10.1. The fourth-order valence-corrected chi connectivity index (χ4v) is 4.23. The Morgan fingerprint density at radius 2 is 2.08 bits per heavy atom. The van der Waals surface area contributed by atoms with Gasteiger partial charge in [-0.2, -0.15) is 0 Å². The van der Waals surface area contributed by atoms with Crippen LogP contribution in [0, 0.1) is 18.7 Å². The summed E-state index contributed by atoms with van der Waals surface area (Å²) in [6, 6.07) is 6.64. The summed E-state index contributed by atoms with van der Waals surface area (Å²) in [5.74, 6) is 0.213. The number of hydrogen-bond acceptors (Lipinski definition) is 4. The summed E-state index contributed by atoms with van der Waals surface area (Å²) >= 11 is 1.70. The van der Waals surface area contributed by atoms with Gasteiger partial charge >= 0.3 is 0 Å². The molecule has 0 bridgehead atoms. The van der Waals surface area contributed by atoms with Gasteiger partial charge in [0.2, 0.25) is 5.91 Å². The van der Waals surface area contributed by atoms with Gasteiger partial charge in [-0.15, -0.1) is 11.3 Å². The lowest BCUT2D eigenvalue weighted by Gasteiger charge is -2.34. The molecule has 2 aromatic rings. The Kier molecular flexibility index (Phi) is 4.00. The van der Waals surface area contributed by atoms with Gasteiger partial charge in [0.1, 0.15) is 5.82 Å². The monoisotopic (exact) mass is 345 g/mol. The molecule has 6 heteroatoms. The molecule has 0 unspecified atom stereocenters. The fraction of sp³-hybridized carbons (Fsp3) is 0.444. The van der Waals surface area contributed by atoms with E-state index in [0.717, 1.165) is 43.3 Å². The number of rotatable bonds is 3. The molecule has 1 aliphatic heterocycles. The number of hydrogen-bond donors (Lipinski definition) is 0. The van der Waals surface area contributed by atoms with Crippen molar-refractivity contribution >= 4 is 22.4 Å². The molecule has 1 saturated carbocycles. The second kappa shape index (κ2) is 6.16. The van der Waals surface area contributed by atoms with Crippen LogP contribution in [0.4, 0.5) is 9.52 Å². The van der Waals surface area contributed by atoms with Crippen LogP contribution in [0.25, 0.3) is 0 Å². The number of piperazine rings is 1. The smallest absolute Gasteiger partial charge is 0.226 e. The first-order valence-electron chi connectivity index (χ1n) is 8.33. The molecule has 1 saturated heterocycles. The standard InChI is InChI=1S/C18H20FN3OS/c1-12-11-20-18(24-12)22-7-5-21(6-8-22)17(23)16-10-15(16)13-3-2-4-14(19)9-13/h2-4,9,11,15-16H,5-8,10H2,1H3/t15-,16-/m1/s1. The second-order valence-electron chi connectivity index (χ2n) is 6.57. The Bertz CT molecular complexity index is 754. The second-order valence-corrected chi connectivity index (χ2v) is 7.78. The van der Waals surface area contributed by atoms with E-state index in [2.05, 4.69) is 16.8 Å². The minimum absolute atomic E-state index is 0.0282. The van der Waals surface area contributed by atoms with E-state index >= 15 is 0 Å². The van der Waals surface area contributed by atoms with Gasteiger partial charge in [0.05, 0.1) is 0 Å². The van der Waals surface area contributed by atoms with E-state index in [4.69, 9.17) is 0 Å². The molecule has 0 N–H and O–H groups in total. The summed E-state index contributed by atoms with van der Waals surface area (Å²) in [5, 5.41) is 1.05. The average molecular weight is 345 g/mol. The molecule has 4 rings (SSSR count). The Labute approximate surface area is 144 Å². The van der Waals surface area contributed by atoms with Gasteiger partial charge in [-0.1, -0.05) is 12.1 Å². The first kappa shape index (κ1) is 15.6. The predicted octanol–water partition coefficient (Wildman–Crippen LogP) is 3.04. The van der Waals surface area contributed by atoms with E-state index < -0.39 is 0 Å². The lowest BCUT2D eigenvalue weighted by molar-refractivity contribution is -0.132. The number of benzene rings is 1. The van der Waals surface area contributed by atoms with Crippen LogP contribution in [0.3, 0.4) is 0 Å². The van der Waals surface area contributed by atoms with E-state index in [-0.39, 0.29) is 23.6 Å². The maximum Gasteiger partial charge on any atom is 0.226 e. The summed E-state index contributed by atoms with van der Waals surface area (Å²) < 4.78 is 13.3. The molecule has 0 spiro atoms. The molecule has 126 valence electrons. The van der Waals surface area contributed by atoms with Crippen LogP contribution in [-0.4, -0.2) is 42.0 Å². The molecular weight excluding hydrogens is 325 g/mol. The van der Waals surface area contributed by atoms with Crippen molar-refractivity contribution in [1.29, 1.82) is 0 Å². The van der Waals surface area contributed by atoms with Crippen LogP contribution in [0.2, 0.25) is 0 Å². The van der Waals surface area contributed by atoms with Crippen LogP contribution in [-0.2, 0) is 4.79 Å². The maximum atomic E-state index is 13.3. The Morgan fingerprint density at radius 1 is 1.29 bits per heavy atom. The van der Waals surface area contributed by atoms with Crippen LogP contribution in [0.5, 0.6) is 0 Å². The summed E-state index contributed by atoms with van der Waals surface area (Å²) in [6.45, 7) is 5.19. The number of anilines is 1. The highest BCUT2D eigenvalue weighted by Gasteiger charge is 2.46. The Balaban J connectivity index is 1.34. The molecule has 2 aliphatic rings. The normalized spacial score (nSPS) is 23.4. The minimum Gasteiger partial charge on any atom is -0.345 e. The highest BCUT2D eigenvalue weighted by atomic mass is 32.1. The molecule has 1 aromatic heterocycles. The molecule has 1 amide bonds. The highest BCUT2D eigenvalue weighted by molar-refractivity contribution is 7.15. The molecule has 1 aromatic carbocycles. The van der Waals surface area contributed by atoms with Crippen molar-refractivity contribution in [2.75, 3.05) is 31.1 Å². The first-order valence-corrected chi connectivity index (χ1v) is 9.15. The van der Waals surface area contributed by atoms with Gasteiger partial charge in [-0.05, 0) is 37.0 Å². The third-order valence-electron chi connectivity index (χ3n) is 4.86. The van der Waals surface area contributed by atoms with Gasteiger partial charge in [0, 0.05) is 43.2 Å². The van der Waals surface area contributed by atoms with Crippen molar-refractivity contribution < 1.29 is 9.18 Å². The van der Waals surface area contributed by atoms with Crippen LogP contribution < -0.4 is 4.90 Å². The van der Waals surface area contributed by atoms with E-state index in [9.17, 15) is 9.18 Å². The van der Waals surface area contributed by atoms with Crippen molar-refractivity contribution in [3.8, 4) is 0 Å². The molecule has 4 nitrogen and oxygen atoms in total. The molecule has 0 radical (unpaired) electrons. The van der Waals surface area contributed by atoms with E-state index in [1.807, 2.05) is 17.2 Å². The fourth-order valence-electron chi connectivity index (χ4n) is 3.42. The zero-order valence-electron chi connectivity index (χ0n) is 13.6. The van der Waals surface area contributed by atoms with E-state index in [1.54, 1.807) is 23.5 Å². The van der Waals surface area contributed by atoms with Crippen LogP contribution in [0.1, 0.15) is 22.8 Å². The minimum atomic E-state index is -0.224. The van der Waals surface area contributed by atoms with Gasteiger partial charge in [0.25, 0.3) is 0 Å². The van der Waals surface area contributed by atoms with Crippen molar-refractivity contribution in [3.05, 3.63) is 46.7 Å². The summed E-state index contributed by atoms with van der Waals surface area (Å²) in [6.07, 6.45) is 2.74. The summed E-state index contributed by atoms with van der Waals surface area (Å²) in [4.78, 5) is 22.5. The first-order chi connectivity index (χ1) is 11.6. The number of nitrogens with zero attached hydrogens (tertiary/aromatic N) is 3. The molecular formula is C18H20FN3OS. The number of aryl methyl sites for hydroxylation is 1. The molecule has 2 heterocycles. The highest BCUT2D eigenvalue weighted by Crippen LogP contribution is 2.48. The number of aromatic nitrogens is 1. The summed E-state index contributed by atoms with van der Waals surface area (Å²) in [7, 11) is 0. The number of carbonyl (C=O) groups is 1. The quantitative estimate of drug-likeness (QED) is 0.858. The zero-order chi connectivity index (χ0) is 16.7. The van der Waals surface area contributed by atoms with Crippen molar-refractivity contribution in [2.45, 2.75) is 19.3 Å². The summed E-state index contributed by atoms with van der Waals surface area (Å²) in [5.41, 5.74) is 0.949. The Hall–Kier alpha value is -1.95. The van der Waals surface area contributed by atoms with Crippen molar-refractivity contribution in [3.63, 3.8) is 0 Å². The Morgan fingerprint density at radius 3 is 2.75 bits per heavy atom. The lowest BCUT2D eigenvalue weighted by Crippen LogP contribution is -2.49. The van der Waals surface area contributed by atoms with Gasteiger partial charge in [-0.3, -0.25) is 4.79 Å². The van der Waals surface area contributed by atoms with Crippen LogP contribution >= 0.6 is 11.3 Å². The van der Waals surface area contributed by atoms with Gasteiger partial charge < -0.3 is 9.80 Å². The third-order valence-corrected chi connectivity index (χ3v) is 5.83.